The molecule has 1 unspecified atom stereocenters. The van der Waals surface area contributed by atoms with Crippen molar-refractivity contribution in [3.8, 4) is 0 Å². The highest BCUT2D eigenvalue weighted by Crippen LogP contribution is 2.28. The van der Waals surface area contributed by atoms with E-state index in [4.69, 9.17) is 5.73 Å². The Hall–Kier alpha value is -0.230. The molecule has 0 saturated heterocycles. The van der Waals surface area contributed by atoms with E-state index in [9.17, 15) is 0 Å². The molecule has 0 aliphatic rings. The second kappa shape index (κ2) is 5.40. The van der Waals surface area contributed by atoms with Crippen molar-refractivity contribution >= 4 is 43.2 Å². The van der Waals surface area contributed by atoms with Crippen molar-refractivity contribution in [3.63, 3.8) is 0 Å². The molecule has 0 amide bonds. The van der Waals surface area contributed by atoms with Crippen molar-refractivity contribution < 1.29 is 0 Å². The number of hydrogen-bond acceptors (Lipinski definition) is 3. The summed E-state index contributed by atoms with van der Waals surface area (Å²) in [4.78, 5) is 5.26. The maximum atomic E-state index is 6.17. The number of hydrogen-bond donors (Lipinski definition) is 1. The van der Waals surface area contributed by atoms with Crippen LogP contribution in [-0.2, 0) is 6.42 Å². The quantitative estimate of drug-likeness (QED) is 0.899. The second-order valence-electron chi connectivity index (χ2n) is 3.44. The van der Waals surface area contributed by atoms with Crippen LogP contribution in [0.25, 0.3) is 0 Å². The summed E-state index contributed by atoms with van der Waals surface area (Å²) >= 11 is 8.60. The van der Waals surface area contributed by atoms with Gasteiger partial charge in [-0.25, -0.2) is 0 Å². The van der Waals surface area contributed by atoms with Crippen LogP contribution in [0.1, 0.15) is 16.5 Å². The van der Waals surface area contributed by atoms with Gasteiger partial charge >= 0.3 is 0 Å². The minimum Gasteiger partial charge on any atom is -0.324 e. The molecule has 0 bridgehead atoms. The van der Waals surface area contributed by atoms with Crippen LogP contribution in [-0.4, -0.2) is 4.98 Å². The lowest BCUT2D eigenvalue weighted by Gasteiger charge is -2.12. The fourth-order valence-corrected chi connectivity index (χ4v) is 3.47. The minimum absolute atomic E-state index is 0.00271. The first-order valence-corrected chi connectivity index (χ1v) is 7.21. The van der Waals surface area contributed by atoms with Crippen molar-refractivity contribution in [2.75, 3.05) is 0 Å². The fraction of sp³-hybridized carbons (Fsp3) is 0.182. The summed E-state index contributed by atoms with van der Waals surface area (Å²) in [5.41, 5.74) is 9.12. The number of nitrogens with two attached hydrogens (primary N) is 1. The number of aromatic nitrogens is 1. The molecule has 1 atom stereocenters. The minimum atomic E-state index is 0.00271. The predicted molar refractivity (Wildman–Crippen MR) is 74.6 cm³/mol. The highest BCUT2D eigenvalue weighted by molar-refractivity contribution is 9.11. The predicted octanol–water partition coefficient (Wildman–Crippen LogP) is 3.91. The first kappa shape index (κ1) is 12.2. The van der Waals surface area contributed by atoms with Crippen LogP contribution in [0.3, 0.4) is 0 Å². The Kier molecular flexibility index (Phi) is 4.13. The van der Waals surface area contributed by atoms with Gasteiger partial charge in [0.1, 0.15) is 0 Å². The van der Waals surface area contributed by atoms with Gasteiger partial charge in [0, 0.05) is 32.5 Å². The van der Waals surface area contributed by atoms with Gasteiger partial charge in [-0.2, -0.15) is 0 Å². The van der Waals surface area contributed by atoms with Crippen LogP contribution in [0.15, 0.2) is 38.9 Å². The maximum Gasteiger partial charge on any atom is 0.0794 e. The van der Waals surface area contributed by atoms with Gasteiger partial charge in [-0.15, -0.1) is 11.3 Å². The summed E-state index contributed by atoms with van der Waals surface area (Å²) in [7, 11) is 0. The summed E-state index contributed by atoms with van der Waals surface area (Å²) < 4.78 is 2.09. The monoisotopic (exact) mass is 360 g/mol. The molecule has 1 aromatic heterocycles. The number of benzene rings is 1. The van der Waals surface area contributed by atoms with Crippen molar-refractivity contribution in [1.29, 1.82) is 0 Å². The van der Waals surface area contributed by atoms with E-state index in [1.165, 1.54) is 4.88 Å². The highest BCUT2D eigenvalue weighted by Gasteiger charge is 2.11. The van der Waals surface area contributed by atoms with Gasteiger partial charge in [0.05, 0.1) is 5.51 Å². The maximum absolute atomic E-state index is 6.17. The lowest BCUT2D eigenvalue weighted by atomic mass is 10.0. The Morgan fingerprint density at radius 3 is 2.81 bits per heavy atom. The summed E-state index contributed by atoms with van der Waals surface area (Å²) in [5.74, 6) is 0. The fourth-order valence-electron chi connectivity index (χ4n) is 1.47. The molecule has 5 heteroatoms. The van der Waals surface area contributed by atoms with Gasteiger partial charge < -0.3 is 5.73 Å². The molecule has 2 nitrogen and oxygen atoms in total. The molecule has 0 spiro atoms. The summed E-state index contributed by atoms with van der Waals surface area (Å²) in [5, 5.41) is 0. The van der Waals surface area contributed by atoms with Crippen LogP contribution in [0.5, 0.6) is 0 Å². The van der Waals surface area contributed by atoms with Crippen LogP contribution < -0.4 is 5.73 Å². The van der Waals surface area contributed by atoms with E-state index in [0.717, 1.165) is 20.9 Å². The largest absolute Gasteiger partial charge is 0.324 e. The zero-order valence-corrected chi connectivity index (χ0v) is 12.3. The number of rotatable bonds is 3. The zero-order chi connectivity index (χ0) is 11.5. The van der Waals surface area contributed by atoms with Crippen molar-refractivity contribution in [2.24, 2.45) is 5.73 Å². The number of nitrogens with zero attached hydrogens (tertiary/aromatic N) is 1. The van der Waals surface area contributed by atoms with E-state index in [1.54, 1.807) is 11.3 Å². The lowest BCUT2D eigenvalue weighted by Crippen LogP contribution is -2.13. The average Bonchev–Trinajstić information content (AvgIpc) is 2.70. The first-order valence-electron chi connectivity index (χ1n) is 4.74. The van der Waals surface area contributed by atoms with Gasteiger partial charge in [0.2, 0.25) is 0 Å². The van der Waals surface area contributed by atoms with Crippen LogP contribution in [0, 0.1) is 0 Å². The third-order valence-electron chi connectivity index (χ3n) is 2.27. The normalized spacial score (nSPS) is 12.7. The van der Waals surface area contributed by atoms with Crippen LogP contribution in [0.4, 0.5) is 0 Å². The number of thiazole rings is 1. The van der Waals surface area contributed by atoms with Crippen LogP contribution >= 0.6 is 43.2 Å². The molecule has 2 rings (SSSR count). The Morgan fingerprint density at radius 1 is 1.38 bits per heavy atom. The molecular weight excluding hydrogens is 352 g/mol. The Morgan fingerprint density at radius 2 is 2.19 bits per heavy atom. The Balaban J connectivity index is 2.17. The van der Waals surface area contributed by atoms with Gasteiger partial charge in [0.15, 0.2) is 0 Å². The molecule has 0 saturated carbocycles. The molecule has 0 aliphatic carbocycles. The van der Waals surface area contributed by atoms with Gasteiger partial charge in [-0.1, -0.05) is 37.9 Å². The molecule has 1 heterocycles. The van der Waals surface area contributed by atoms with E-state index >= 15 is 0 Å². The first-order chi connectivity index (χ1) is 7.66. The van der Waals surface area contributed by atoms with E-state index in [-0.39, 0.29) is 6.04 Å². The number of halogens is 2. The summed E-state index contributed by atoms with van der Waals surface area (Å²) in [6, 6.07) is 6.07. The third kappa shape index (κ3) is 2.91. The lowest BCUT2D eigenvalue weighted by molar-refractivity contribution is 0.725. The van der Waals surface area contributed by atoms with E-state index in [2.05, 4.69) is 36.8 Å². The molecule has 0 radical (unpaired) electrons. The van der Waals surface area contributed by atoms with Crippen molar-refractivity contribution in [3.05, 3.63) is 49.3 Å². The van der Waals surface area contributed by atoms with E-state index in [1.807, 2.05) is 29.9 Å². The molecule has 84 valence electrons. The third-order valence-corrected chi connectivity index (χ3v) is 4.25. The second-order valence-corrected chi connectivity index (χ2v) is 6.19. The van der Waals surface area contributed by atoms with E-state index < -0.39 is 0 Å². The molecule has 0 fully saturated rings. The molecule has 2 aromatic rings. The molecular formula is C11H10Br2N2S. The highest BCUT2D eigenvalue weighted by atomic mass is 79.9. The Bertz CT molecular complexity index is 471. The standard InChI is InChI=1S/C11H10Br2N2S/c12-7-1-2-9(10(13)3-7)11(14)4-8-5-15-6-16-8/h1-3,5-6,11H,4,14H2. The van der Waals surface area contributed by atoms with Gasteiger partial charge in [-0.05, 0) is 17.7 Å². The van der Waals surface area contributed by atoms with Gasteiger partial charge in [0.25, 0.3) is 0 Å². The Labute approximate surface area is 115 Å². The summed E-state index contributed by atoms with van der Waals surface area (Å²) in [6.07, 6.45) is 2.70. The molecule has 1 aromatic carbocycles. The smallest absolute Gasteiger partial charge is 0.0794 e. The average molecular weight is 362 g/mol. The van der Waals surface area contributed by atoms with Gasteiger partial charge in [-0.3, -0.25) is 4.98 Å². The van der Waals surface area contributed by atoms with Crippen molar-refractivity contribution in [1.82, 2.24) is 4.98 Å². The molecule has 0 aliphatic heterocycles. The van der Waals surface area contributed by atoms with Crippen LogP contribution in [0.2, 0.25) is 0 Å². The molecule has 2 N–H and O–H groups in total. The summed E-state index contributed by atoms with van der Waals surface area (Å²) in [6.45, 7) is 0. The SMILES string of the molecule is NC(Cc1cncs1)c1ccc(Br)cc1Br. The van der Waals surface area contributed by atoms with E-state index in [0.29, 0.717) is 0 Å². The topological polar surface area (TPSA) is 38.9 Å². The molecule has 16 heavy (non-hydrogen) atoms. The zero-order valence-electron chi connectivity index (χ0n) is 8.36. The van der Waals surface area contributed by atoms with Crippen molar-refractivity contribution in [2.45, 2.75) is 12.5 Å².